The molecule has 0 atom stereocenters. The van der Waals surface area contributed by atoms with Crippen LogP contribution in [0.15, 0.2) is 0 Å². The van der Waals surface area contributed by atoms with Crippen LogP contribution in [0.1, 0.15) is 41.0 Å². The first kappa shape index (κ1) is 16.4. The van der Waals surface area contributed by atoms with Crippen molar-refractivity contribution in [2.24, 2.45) is 5.41 Å². The predicted octanol–water partition coefficient (Wildman–Crippen LogP) is 1.56. The van der Waals surface area contributed by atoms with Gasteiger partial charge in [-0.25, -0.2) is 0 Å². The zero-order valence-electron chi connectivity index (χ0n) is 13.5. The summed E-state index contributed by atoms with van der Waals surface area (Å²) in [5.74, 6) is 0.249. The molecule has 19 heavy (non-hydrogen) atoms. The van der Waals surface area contributed by atoms with E-state index in [-0.39, 0.29) is 16.9 Å². The molecule has 1 N–H and O–H groups in total. The van der Waals surface area contributed by atoms with Crippen molar-refractivity contribution in [3.8, 4) is 0 Å². The second-order valence-corrected chi connectivity index (χ2v) is 7.54. The Hall–Kier alpha value is -0.610. The molecule has 1 fully saturated rings. The van der Waals surface area contributed by atoms with Gasteiger partial charge in [0.25, 0.3) is 0 Å². The van der Waals surface area contributed by atoms with Gasteiger partial charge in [0.05, 0.1) is 0 Å². The van der Waals surface area contributed by atoms with Gasteiger partial charge in [-0.15, -0.1) is 0 Å². The maximum atomic E-state index is 12.4. The summed E-state index contributed by atoms with van der Waals surface area (Å²) in [7, 11) is 1.92. The monoisotopic (exact) mass is 269 g/mol. The molecule has 4 heteroatoms. The SMILES string of the molecule is CN(CC(C)(C)C)C(=O)CC(C)(C)N1CCNCC1. The van der Waals surface area contributed by atoms with E-state index in [0.717, 1.165) is 32.7 Å². The minimum atomic E-state index is -0.0503. The Kier molecular flexibility index (Phi) is 5.39. The lowest BCUT2D eigenvalue weighted by Gasteiger charge is -2.41. The van der Waals surface area contributed by atoms with E-state index in [1.165, 1.54) is 0 Å². The van der Waals surface area contributed by atoms with Crippen LogP contribution in [0.25, 0.3) is 0 Å². The van der Waals surface area contributed by atoms with Crippen LogP contribution in [0.2, 0.25) is 0 Å². The van der Waals surface area contributed by atoms with Gasteiger partial charge in [0.15, 0.2) is 0 Å². The maximum absolute atomic E-state index is 12.4. The third-order valence-corrected chi connectivity index (χ3v) is 3.69. The number of nitrogens with zero attached hydrogens (tertiary/aromatic N) is 2. The highest BCUT2D eigenvalue weighted by Crippen LogP contribution is 2.22. The summed E-state index contributed by atoms with van der Waals surface area (Å²) in [5.41, 5.74) is 0.106. The highest BCUT2D eigenvalue weighted by atomic mass is 16.2. The zero-order chi connectivity index (χ0) is 14.7. The molecule has 0 saturated carbocycles. The molecule has 1 aliphatic rings. The molecule has 1 rings (SSSR count). The summed E-state index contributed by atoms with van der Waals surface area (Å²) in [6, 6.07) is 0. The number of piperazine rings is 1. The van der Waals surface area contributed by atoms with Gasteiger partial charge in [0.1, 0.15) is 0 Å². The lowest BCUT2D eigenvalue weighted by molar-refractivity contribution is -0.133. The first-order chi connectivity index (χ1) is 8.62. The summed E-state index contributed by atoms with van der Waals surface area (Å²) >= 11 is 0. The van der Waals surface area contributed by atoms with Crippen molar-refractivity contribution < 1.29 is 4.79 Å². The van der Waals surface area contributed by atoms with Gasteiger partial charge in [-0.1, -0.05) is 20.8 Å². The average molecular weight is 269 g/mol. The van der Waals surface area contributed by atoms with Crippen molar-refractivity contribution in [1.29, 1.82) is 0 Å². The largest absolute Gasteiger partial charge is 0.345 e. The fraction of sp³-hybridized carbons (Fsp3) is 0.933. The van der Waals surface area contributed by atoms with Crippen LogP contribution < -0.4 is 5.32 Å². The number of nitrogens with one attached hydrogen (secondary N) is 1. The topological polar surface area (TPSA) is 35.6 Å². The first-order valence-electron chi connectivity index (χ1n) is 7.32. The van der Waals surface area contributed by atoms with Crippen LogP contribution in [0.5, 0.6) is 0 Å². The van der Waals surface area contributed by atoms with E-state index >= 15 is 0 Å². The molecule has 4 nitrogen and oxygen atoms in total. The third-order valence-electron chi connectivity index (χ3n) is 3.69. The molecule has 0 aromatic heterocycles. The Morgan fingerprint density at radius 3 is 2.16 bits per heavy atom. The predicted molar refractivity (Wildman–Crippen MR) is 80.2 cm³/mol. The zero-order valence-corrected chi connectivity index (χ0v) is 13.5. The highest BCUT2D eigenvalue weighted by Gasteiger charge is 2.31. The Bertz CT molecular complexity index is 301. The Morgan fingerprint density at radius 2 is 1.68 bits per heavy atom. The number of hydrogen-bond acceptors (Lipinski definition) is 3. The van der Waals surface area contributed by atoms with Crippen LogP contribution in [0, 0.1) is 5.41 Å². The minimum Gasteiger partial charge on any atom is -0.345 e. The van der Waals surface area contributed by atoms with Gasteiger partial charge in [0.2, 0.25) is 5.91 Å². The fourth-order valence-corrected chi connectivity index (χ4v) is 2.69. The summed E-state index contributed by atoms with van der Waals surface area (Å²) < 4.78 is 0. The number of carbonyl (C=O) groups is 1. The molecule has 0 unspecified atom stereocenters. The number of amides is 1. The van der Waals surface area contributed by atoms with Gasteiger partial charge in [-0.3, -0.25) is 9.69 Å². The van der Waals surface area contributed by atoms with E-state index in [2.05, 4.69) is 44.8 Å². The molecule has 1 aliphatic heterocycles. The first-order valence-corrected chi connectivity index (χ1v) is 7.32. The number of rotatable bonds is 4. The van der Waals surface area contributed by atoms with Gasteiger partial charge in [0, 0.05) is 51.7 Å². The maximum Gasteiger partial charge on any atom is 0.224 e. The summed E-state index contributed by atoms with van der Waals surface area (Å²) in [5, 5.41) is 3.36. The molecule has 1 heterocycles. The second kappa shape index (κ2) is 6.23. The lowest BCUT2D eigenvalue weighted by Crippen LogP contribution is -2.55. The van der Waals surface area contributed by atoms with E-state index in [9.17, 15) is 4.79 Å². The quantitative estimate of drug-likeness (QED) is 0.841. The molecular formula is C15H31N3O. The molecule has 112 valence electrons. The Morgan fingerprint density at radius 1 is 1.16 bits per heavy atom. The summed E-state index contributed by atoms with van der Waals surface area (Å²) in [6.45, 7) is 15.8. The van der Waals surface area contributed by atoms with E-state index in [1.54, 1.807) is 0 Å². The fourth-order valence-electron chi connectivity index (χ4n) is 2.69. The van der Waals surface area contributed by atoms with E-state index in [0.29, 0.717) is 6.42 Å². The second-order valence-electron chi connectivity index (χ2n) is 7.54. The molecule has 0 radical (unpaired) electrons. The standard InChI is InChI=1S/C15H31N3O/c1-14(2,3)12-17(6)13(19)11-15(4,5)18-9-7-16-8-10-18/h16H,7-12H2,1-6H3. The molecular weight excluding hydrogens is 238 g/mol. The van der Waals surface area contributed by atoms with Crippen molar-refractivity contribution in [3.05, 3.63) is 0 Å². The van der Waals surface area contributed by atoms with Crippen LogP contribution in [-0.4, -0.2) is 61.0 Å². The van der Waals surface area contributed by atoms with E-state index < -0.39 is 0 Å². The van der Waals surface area contributed by atoms with Crippen LogP contribution in [-0.2, 0) is 4.79 Å². The van der Waals surface area contributed by atoms with Crippen LogP contribution in [0.3, 0.4) is 0 Å². The smallest absolute Gasteiger partial charge is 0.224 e. The molecule has 0 bridgehead atoms. The van der Waals surface area contributed by atoms with Crippen LogP contribution >= 0.6 is 0 Å². The van der Waals surface area contributed by atoms with Gasteiger partial charge < -0.3 is 10.2 Å². The summed E-state index contributed by atoms with van der Waals surface area (Å²) in [6.07, 6.45) is 0.597. The van der Waals surface area contributed by atoms with Crippen molar-refractivity contribution in [2.75, 3.05) is 39.8 Å². The Balaban J connectivity index is 2.54. The van der Waals surface area contributed by atoms with E-state index in [4.69, 9.17) is 0 Å². The summed E-state index contributed by atoms with van der Waals surface area (Å²) in [4.78, 5) is 16.7. The molecule has 0 aromatic rings. The van der Waals surface area contributed by atoms with Crippen molar-refractivity contribution in [3.63, 3.8) is 0 Å². The molecule has 1 saturated heterocycles. The van der Waals surface area contributed by atoms with Gasteiger partial charge in [-0.05, 0) is 19.3 Å². The third kappa shape index (κ3) is 5.49. The minimum absolute atomic E-state index is 0.0503. The van der Waals surface area contributed by atoms with Crippen LogP contribution in [0.4, 0.5) is 0 Å². The molecule has 0 aliphatic carbocycles. The lowest BCUT2D eigenvalue weighted by atomic mass is 9.93. The van der Waals surface area contributed by atoms with Crippen molar-refractivity contribution in [2.45, 2.75) is 46.6 Å². The number of carbonyl (C=O) groups excluding carboxylic acids is 1. The normalized spacial score (nSPS) is 18.4. The Labute approximate surface area is 118 Å². The molecule has 1 amide bonds. The highest BCUT2D eigenvalue weighted by molar-refractivity contribution is 5.77. The average Bonchev–Trinajstić information content (AvgIpc) is 2.27. The van der Waals surface area contributed by atoms with E-state index in [1.807, 2.05) is 11.9 Å². The molecule has 0 spiro atoms. The van der Waals surface area contributed by atoms with Crippen molar-refractivity contribution in [1.82, 2.24) is 15.1 Å². The molecule has 0 aromatic carbocycles. The van der Waals surface area contributed by atoms with Crippen molar-refractivity contribution >= 4 is 5.91 Å². The van der Waals surface area contributed by atoms with Gasteiger partial charge in [-0.2, -0.15) is 0 Å². The van der Waals surface area contributed by atoms with Gasteiger partial charge >= 0.3 is 0 Å². The number of hydrogen-bond donors (Lipinski definition) is 1.